The first-order valence-electron chi connectivity index (χ1n) is 9.14. The van der Waals surface area contributed by atoms with Gasteiger partial charge in [0.15, 0.2) is 0 Å². The van der Waals surface area contributed by atoms with Crippen molar-refractivity contribution >= 4 is 0 Å². The zero-order chi connectivity index (χ0) is 14.5. The first-order valence-corrected chi connectivity index (χ1v) is 9.14. The number of ether oxygens (including phenoxy) is 1. The number of hydrogen-bond donors (Lipinski definition) is 1. The Bertz CT molecular complexity index is 206. The third kappa shape index (κ3) is 9.77. The van der Waals surface area contributed by atoms with Gasteiger partial charge in [-0.1, -0.05) is 77.6 Å². The highest BCUT2D eigenvalue weighted by Gasteiger charge is 2.36. The molecule has 0 aromatic heterocycles. The van der Waals surface area contributed by atoms with E-state index >= 15 is 0 Å². The molecule has 0 radical (unpaired) electrons. The molecule has 1 saturated heterocycles. The molecule has 2 nitrogen and oxygen atoms in total. The lowest BCUT2D eigenvalue weighted by Gasteiger charge is -2.01. The van der Waals surface area contributed by atoms with Gasteiger partial charge < -0.3 is 9.84 Å². The SMILES string of the molecule is CCCCCC1OC1CCCCCCCCCCCO. The topological polar surface area (TPSA) is 32.8 Å². The Labute approximate surface area is 126 Å². The first kappa shape index (κ1) is 18.0. The first-order chi connectivity index (χ1) is 9.88. The minimum absolute atomic E-state index is 0.364. The molecule has 1 rings (SSSR count). The van der Waals surface area contributed by atoms with Crippen LogP contribution in [0, 0.1) is 0 Å². The molecular weight excluding hydrogens is 248 g/mol. The van der Waals surface area contributed by atoms with Crippen LogP contribution in [-0.4, -0.2) is 23.9 Å². The molecule has 2 heteroatoms. The number of epoxide rings is 1. The van der Waals surface area contributed by atoms with Crippen molar-refractivity contribution in [3.8, 4) is 0 Å². The standard InChI is InChI=1S/C18H36O2/c1-2-3-11-14-17-18(20-17)15-12-9-7-5-4-6-8-10-13-16-19/h17-19H,2-16H2,1H3. The van der Waals surface area contributed by atoms with Crippen molar-refractivity contribution in [2.75, 3.05) is 6.61 Å². The monoisotopic (exact) mass is 284 g/mol. The van der Waals surface area contributed by atoms with Crippen molar-refractivity contribution in [3.05, 3.63) is 0 Å². The maximum Gasteiger partial charge on any atom is 0.0841 e. The summed E-state index contributed by atoms with van der Waals surface area (Å²) in [6.45, 7) is 2.63. The van der Waals surface area contributed by atoms with Crippen molar-refractivity contribution in [2.24, 2.45) is 0 Å². The van der Waals surface area contributed by atoms with Crippen LogP contribution < -0.4 is 0 Å². The van der Waals surface area contributed by atoms with Gasteiger partial charge in [0, 0.05) is 6.61 Å². The van der Waals surface area contributed by atoms with E-state index in [1.807, 2.05) is 0 Å². The molecule has 0 amide bonds. The number of unbranched alkanes of at least 4 members (excludes halogenated alkanes) is 10. The summed E-state index contributed by atoms with van der Waals surface area (Å²) in [6, 6.07) is 0. The average Bonchev–Trinajstić information content (AvgIpc) is 3.20. The van der Waals surface area contributed by atoms with Crippen LogP contribution >= 0.6 is 0 Å². The third-order valence-electron chi connectivity index (χ3n) is 4.43. The Morgan fingerprint density at radius 3 is 1.60 bits per heavy atom. The molecule has 1 N–H and O–H groups in total. The van der Waals surface area contributed by atoms with Gasteiger partial charge in [-0.3, -0.25) is 0 Å². The molecule has 0 bridgehead atoms. The van der Waals surface area contributed by atoms with Crippen LogP contribution in [0.15, 0.2) is 0 Å². The van der Waals surface area contributed by atoms with Gasteiger partial charge in [0.2, 0.25) is 0 Å². The van der Waals surface area contributed by atoms with E-state index < -0.39 is 0 Å². The summed E-state index contributed by atoms with van der Waals surface area (Å²) in [5.41, 5.74) is 0. The van der Waals surface area contributed by atoms with Crippen molar-refractivity contribution in [3.63, 3.8) is 0 Å². The van der Waals surface area contributed by atoms with Crippen LogP contribution in [0.2, 0.25) is 0 Å². The van der Waals surface area contributed by atoms with Gasteiger partial charge in [-0.15, -0.1) is 0 Å². The largest absolute Gasteiger partial charge is 0.396 e. The fourth-order valence-corrected chi connectivity index (χ4v) is 2.98. The van der Waals surface area contributed by atoms with Crippen molar-refractivity contribution < 1.29 is 9.84 Å². The van der Waals surface area contributed by atoms with E-state index in [9.17, 15) is 0 Å². The Morgan fingerprint density at radius 2 is 1.10 bits per heavy atom. The quantitative estimate of drug-likeness (QED) is 0.330. The summed E-state index contributed by atoms with van der Waals surface area (Å²) in [6.07, 6.45) is 19.6. The predicted molar refractivity (Wildman–Crippen MR) is 86.1 cm³/mol. The van der Waals surface area contributed by atoms with E-state index in [1.54, 1.807) is 0 Å². The normalized spacial score (nSPS) is 21.3. The summed E-state index contributed by atoms with van der Waals surface area (Å²) >= 11 is 0. The van der Waals surface area contributed by atoms with Crippen LogP contribution in [0.5, 0.6) is 0 Å². The molecule has 0 saturated carbocycles. The van der Waals surface area contributed by atoms with Gasteiger partial charge in [-0.05, 0) is 19.3 Å². The second kappa shape index (κ2) is 12.6. The van der Waals surface area contributed by atoms with E-state index in [1.165, 1.54) is 83.5 Å². The van der Waals surface area contributed by atoms with E-state index in [0.29, 0.717) is 18.8 Å². The predicted octanol–water partition coefficient (Wildman–Crippen LogP) is 5.23. The lowest BCUT2D eigenvalue weighted by molar-refractivity contribution is 0.282. The lowest BCUT2D eigenvalue weighted by atomic mass is 10.0. The molecule has 0 aliphatic carbocycles. The minimum atomic E-state index is 0.364. The molecule has 2 unspecified atom stereocenters. The van der Waals surface area contributed by atoms with Crippen LogP contribution in [0.1, 0.15) is 96.8 Å². The fourth-order valence-electron chi connectivity index (χ4n) is 2.98. The molecule has 0 aromatic rings. The van der Waals surface area contributed by atoms with Gasteiger partial charge in [0.05, 0.1) is 12.2 Å². The van der Waals surface area contributed by atoms with Crippen LogP contribution in [0.3, 0.4) is 0 Å². The molecule has 1 heterocycles. The summed E-state index contributed by atoms with van der Waals surface area (Å²) in [7, 11) is 0. The zero-order valence-electron chi connectivity index (χ0n) is 13.6. The van der Waals surface area contributed by atoms with E-state index in [0.717, 1.165) is 6.42 Å². The number of rotatable bonds is 15. The number of aliphatic hydroxyl groups excluding tert-OH is 1. The Balaban J connectivity index is 1.71. The maximum absolute atomic E-state index is 8.68. The number of hydrogen-bond acceptors (Lipinski definition) is 2. The average molecular weight is 284 g/mol. The van der Waals surface area contributed by atoms with Crippen molar-refractivity contribution in [1.82, 2.24) is 0 Å². The molecule has 0 spiro atoms. The van der Waals surface area contributed by atoms with E-state index in [-0.39, 0.29) is 0 Å². The maximum atomic E-state index is 8.68. The molecule has 1 fully saturated rings. The summed E-state index contributed by atoms with van der Waals surface area (Å²) in [4.78, 5) is 0. The Kier molecular flexibility index (Phi) is 11.4. The van der Waals surface area contributed by atoms with Crippen LogP contribution in [0.25, 0.3) is 0 Å². The van der Waals surface area contributed by atoms with Gasteiger partial charge in [0.1, 0.15) is 0 Å². The molecular formula is C18H36O2. The Hall–Kier alpha value is -0.0800. The van der Waals surface area contributed by atoms with Gasteiger partial charge >= 0.3 is 0 Å². The Morgan fingerprint density at radius 1 is 0.650 bits per heavy atom. The van der Waals surface area contributed by atoms with E-state index in [4.69, 9.17) is 9.84 Å². The van der Waals surface area contributed by atoms with Gasteiger partial charge in [-0.25, -0.2) is 0 Å². The lowest BCUT2D eigenvalue weighted by Crippen LogP contribution is -1.94. The zero-order valence-corrected chi connectivity index (χ0v) is 13.6. The highest BCUT2D eigenvalue weighted by molar-refractivity contribution is 4.84. The van der Waals surface area contributed by atoms with Gasteiger partial charge in [0.25, 0.3) is 0 Å². The third-order valence-corrected chi connectivity index (χ3v) is 4.43. The van der Waals surface area contributed by atoms with E-state index in [2.05, 4.69) is 6.92 Å². The molecule has 120 valence electrons. The second-order valence-corrected chi connectivity index (χ2v) is 6.40. The summed E-state index contributed by atoms with van der Waals surface area (Å²) in [5.74, 6) is 0. The highest BCUT2D eigenvalue weighted by atomic mass is 16.6. The molecule has 0 aromatic carbocycles. The van der Waals surface area contributed by atoms with Crippen molar-refractivity contribution in [1.29, 1.82) is 0 Å². The van der Waals surface area contributed by atoms with Gasteiger partial charge in [-0.2, -0.15) is 0 Å². The smallest absolute Gasteiger partial charge is 0.0841 e. The summed E-state index contributed by atoms with van der Waals surface area (Å²) in [5, 5.41) is 8.68. The number of aliphatic hydroxyl groups is 1. The molecule has 2 atom stereocenters. The van der Waals surface area contributed by atoms with Crippen LogP contribution in [0.4, 0.5) is 0 Å². The molecule has 20 heavy (non-hydrogen) atoms. The van der Waals surface area contributed by atoms with Crippen LogP contribution in [-0.2, 0) is 4.74 Å². The molecule has 1 aliphatic rings. The second-order valence-electron chi connectivity index (χ2n) is 6.40. The van der Waals surface area contributed by atoms with Crippen molar-refractivity contribution in [2.45, 2.75) is 109 Å². The summed E-state index contributed by atoms with van der Waals surface area (Å²) < 4.78 is 5.73. The highest BCUT2D eigenvalue weighted by Crippen LogP contribution is 2.31. The fraction of sp³-hybridized carbons (Fsp3) is 1.00. The minimum Gasteiger partial charge on any atom is -0.396 e. The molecule has 1 aliphatic heterocycles.